The lowest BCUT2D eigenvalue weighted by Gasteiger charge is -2.18. The molecule has 0 radical (unpaired) electrons. The second kappa shape index (κ2) is 8.53. The van der Waals surface area contributed by atoms with Crippen LogP contribution < -0.4 is 10.2 Å². The van der Waals surface area contributed by atoms with Crippen LogP contribution in [0.1, 0.15) is 32.8 Å². The van der Waals surface area contributed by atoms with Crippen LogP contribution in [0.4, 0.5) is 11.4 Å². The Balaban J connectivity index is 2.43. The third-order valence-electron chi connectivity index (χ3n) is 4.69. The molecule has 0 aromatic heterocycles. The third kappa shape index (κ3) is 4.66. The number of aryl methyl sites for hydroxylation is 1. The van der Waals surface area contributed by atoms with E-state index < -0.39 is 0 Å². The maximum absolute atomic E-state index is 12.4. The molecule has 6 heteroatoms. The SMILES string of the molecule is CCC(C)C(=O)NC1=CC(=Nc2ccc(N(C)C)cc2C)C(C)=C(Cl)C1=O. The van der Waals surface area contributed by atoms with Crippen LogP contribution >= 0.6 is 11.6 Å². The second-order valence-electron chi connectivity index (χ2n) is 6.99. The fraction of sp³-hybridized carbons (Fsp3) is 0.381. The first-order chi connectivity index (χ1) is 12.6. The van der Waals surface area contributed by atoms with Gasteiger partial charge in [0.1, 0.15) is 0 Å². The van der Waals surface area contributed by atoms with Crippen LogP contribution in [0.2, 0.25) is 0 Å². The predicted octanol–water partition coefficient (Wildman–Crippen LogP) is 4.28. The quantitative estimate of drug-likeness (QED) is 0.767. The van der Waals surface area contributed by atoms with Crippen molar-refractivity contribution >= 4 is 40.4 Å². The van der Waals surface area contributed by atoms with Crippen molar-refractivity contribution in [2.75, 3.05) is 19.0 Å². The lowest BCUT2D eigenvalue weighted by molar-refractivity contribution is -0.125. The Morgan fingerprint density at radius 2 is 1.96 bits per heavy atom. The van der Waals surface area contributed by atoms with E-state index in [1.807, 2.05) is 58.0 Å². The largest absolute Gasteiger partial charge is 0.378 e. The smallest absolute Gasteiger partial charge is 0.227 e. The number of aliphatic imine (C=N–C) groups is 1. The van der Waals surface area contributed by atoms with Gasteiger partial charge in [-0.3, -0.25) is 9.59 Å². The van der Waals surface area contributed by atoms with Gasteiger partial charge in [-0.15, -0.1) is 0 Å². The standard InChI is InChI=1S/C21H26ClN3O2/c1-7-12(2)21(27)24-18-11-17(14(4)19(22)20(18)26)23-16-9-8-15(25(5)6)10-13(16)3/h8-12H,7H2,1-6H3,(H,24,27). The summed E-state index contributed by atoms with van der Waals surface area (Å²) in [4.78, 5) is 31.3. The predicted molar refractivity (Wildman–Crippen MR) is 112 cm³/mol. The molecule has 0 spiro atoms. The summed E-state index contributed by atoms with van der Waals surface area (Å²) in [6.07, 6.45) is 2.29. The van der Waals surface area contributed by atoms with Gasteiger partial charge in [-0.1, -0.05) is 25.4 Å². The molecule has 27 heavy (non-hydrogen) atoms. The molecule has 0 saturated heterocycles. The normalized spacial score (nSPS) is 17.1. The third-order valence-corrected chi connectivity index (χ3v) is 5.15. The Morgan fingerprint density at radius 3 is 2.52 bits per heavy atom. The first-order valence-corrected chi connectivity index (χ1v) is 9.34. The van der Waals surface area contributed by atoms with Gasteiger partial charge >= 0.3 is 0 Å². The fourth-order valence-electron chi connectivity index (χ4n) is 2.53. The molecule has 0 aliphatic heterocycles. The summed E-state index contributed by atoms with van der Waals surface area (Å²) in [5.74, 6) is -0.776. The molecule has 0 saturated carbocycles. The maximum Gasteiger partial charge on any atom is 0.227 e. The van der Waals surface area contributed by atoms with E-state index in [1.54, 1.807) is 13.0 Å². The van der Waals surface area contributed by atoms with Crippen LogP contribution in [-0.4, -0.2) is 31.5 Å². The monoisotopic (exact) mass is 387 g/mol. The molecule has 0 heterocycles. The van der Waals surface area contributed by atoms with Gasteiger partial charge in [-0.2, -0.15) is 0 Å². The van der Waals surface area contributed by atoms with Gasteiger partial charge in [-0.05, 0) is 55.7 Å². The van der Waals surface area contributed by atoms with Crippen molar-refractivity contribution < 1.29 is 9.59 Å². The van der Waals surface area contributed by atoms with Crippen molar-refractivity contribution in [1.29, 1.82) is 0 Å². The van der Waals surface area contributed by atoms with Gasteiger partial charge in [0.15, 0.2) is 0 Å². The summed E-state index contributed by atoms with van der Waals surface area (Å²) in [6, 6.07) is 5.96. The zero-order valence-corrected chi connectivity index (χ0v) is 17.4. The average Bonchev–Trinajstić information content (AvgIpc) is 2.64. The van der Waals surface area contributed by atoms with Gasteiger partial charge in [0.05, 0.1) is 22.1 Å². The van der Waals surface area contributed by atoms with Crippen molar-refractivity contribution in [3.63, 3.8) is 0 Å². The lowest BCUT2D eigenvalue weighted by Crippen LogP contribution is -2.34. The highest BCUT2D eigenvalue weighted by Gasteiger charge is 2.26. The number of halogens is 1. The Hall–Kier alpha value is -2.40. The van der Waals surface area contributed by atoms with Crippen molar-refractivity contribution in [3.05, 3.63) is 46.1 Å². The zero-order valence-electron chi connectivity index (χ0n) is 16.7. The number of hydrogen-bond donors (Lipinski definition) is 1. The number of hydrogen-bond acceptors (Lipinski definition) is 4. The molecule has 1 atom stereocenters. The molecule has 0 fully saturated rings. The lowest BCUT2D eigenvalue weighted by atomic mass is 10.00. The van der Waals surface area contributed by atoms with Crippen molar-refractivity contribution in [1.82, 2.24) is 5.32 Å². The maximum atomic E-state index is 12.4. The van der Waals surface area contributed by atoms with Crippen LogP contribution in [0.3, 0.4) is 0 Å². The summed E-state index contributed by atoms with van der Waals surface area (Å²) in [5.41, 5.74) is 4.21. The molecule has 1 aliphatic carbocycles. The number of carbonyl (C=O) groups excluding carboxylic acids is 2. The highest BCUT2D eigenvalue weighted by atomic mass is 35.5. The fourth-order valence-corrected chi connectivity index (χ4v) is 2.73. The number of amides is 1. The molecule has 5 nitrogen and oxygen atoms in total. The second-order valence-corrected chi connectivity index (χ2v) is 7.36. The number of ketones is 1. The molecule has 1 aromatic carbocycles. The molecular weight excluding hydrogens is 362 g/mol. The summed E-state index contributed by atoms with van der Waals surface area (Å²) < 4.78 is 0. The molecule has 144 valence electrons. The first-order valence-electron chi connectivity index (χ1n) is 8.96. The van der Waals surface area contributed by atoms with Crippen LogP contribution in [0.25, 0.3) is 0 Å². The van der Waals surface area contributed by atoms with Gasteiger partial charge in [-0.25, -0.2) is 4.99 Å². The van der Waals surface area contributed by atoms with E-state index in [-0.39, 0.29) is 28.3 Å². The molecule has 1 N–H and O–H groups in total. The van der Waals surface area contributed by atoms with E-state index in [0.29, 0.717) is 17.7 Å². The molecule has 2 rings (SSSR count). The van der Waals surface area contributed by atoms with E-state index in [1.165, 1.54) is 0 Å². The number of carbonyl (C=O) groups is 2. The summed E-state index contributed by atoms with van der Waals surface area (Å²) in [5, 5.41) is 2.77. The Morgan fingerprint density at radius 1 is 1.30 bits per heavy atom. The number of allylic oxidation sites excluding steroid dienone is 3. The van der Waals surface area contributed by atoms with E-state index in [2.05, 4.69) is 10.3 Å². The number of benzene rings is 1. The van der Waals surface area contributed by atoms with E-state index in [4.69, 9.17) is 11.6 Å². The minimum atomic E-state index is -0.385. The van der Waals surface area contributed by atoms with Crippen LogP contribution in [-0.2, 0) is 9.59 Å². The number of rotatable bonds is 5. The molecule has 1 aromatic rings. The number of nitrogens with one attached hydrogen (secondary N) is 1. The van der Waals surface area contributed by atoms with Crippen molar-refractivity contribution in [2.45, 2.75) is 34.1 Å². The highest BCUT2D eigenvalue weighted by Crippen LogP contribution is 2.28. The van der Waals surface area contributed by atoms with Crippen molar-refractivity contribution in [2.24, 2.45) is 10.9 Å². The zero-order chi connectivity index (χ0) is 20.3. The highest BCUT2D eigenvalue weighted by molar-refractivity contribution is 6.49. The Kier molecular flexibility index (Phi) is 6.60. The molecule has 1 amide bonds. The molecule has 1 unspecified atom stereocenters. The Bertz CT molecular complexity index is 866. The van der Waals surface area contributed by atoms with Crippen molar-refractivity contribution in [3.8, 4) is 0 Å². The van der Waals surface area contributed by atoms with Crippen LogP contribution in [0.15, 0.2) is 45.6 Å². The molecule has 0 bridgehead atoms. The summed E-state index contributed by atoms with van der Waals surface area (Å²) in [6.45, 7) is 7.48. The number of Topliss-reactive ketones (excluding diaryl/α,β-unsaturated/α-hetero) is 1. The van der Waals surface area contributed by atoms with E-state index >= 15 is 0 Å². The summed E-state index contributed by atoms with van der Waals surface area (Å²) >= 11 is 6.23. The molecular formula is C21H26ClN3O2. The topological polar surface area (TPSA) is 61.8 Å². The van der Waals surface area contributed by atoms with E-state index in [0.717, 1.165) is 16.9 Å². The van der Waals surface area contributed by atoms with Gasteiger partial charge in [0.2, 0.25) is 11.7 Å². The van der Waals surface area contributed by atoms with Gasteiger partial charge in [0.25, 0.3) is 0 Å². The van der Waals surface area contributed by atoms with Gasteiger partial charge in [0, 0.05) is 25.7 Å². The number of nitrogens with zero attached hydrogens (tertiary/aromatic N) is 2. The van der Waals surface area contributed by atoms with E-state index in [9.17, 15) is 9.59 Å². The van der Waals surface area contributed by atoms with Crippen LogP contribution in [0.5, 0.6) is 0 Å². The molecule has 1 aliphatic rings. The average molecular weight is 388 g/mol. The number of anilines is 1. The van der Waals surface area contributed by atoms with Gasteiger partial charge < -0.3 is 10.2 Å². The minimum Gasteiger partial charge on any atom is -0.378 e. The first kappa shape index (κ1) is 20.9. The summed E-state index contributed by atoms with van der Waals surface area (Å²) in [7, 11) is 3.96. The van der Waals surface area contributed by atoms with Crippen LogP contribution in [0, 0.1) is 12.8 Å². The minimum absolute atomic E-state index is 0.0817. The Labute approximate surface area is 165 Å².